The molecule has 0 fully saturated rings. The first-order valence-electron chi connectivity index (χ1n) is 10.6. The molecule has 0 N–H and O–H groups in total. The molecule has 0 aliphatic rings. The van der Waals surface area contributed by atoms with E-state index >= 15 is 0 Å². The molecule has 0 saturated heterocycles. The number of nitrogens with zero attached hydrogens (tertiary/aromatic N) is 3. The van der Waals surface area contributed by atoms with Gasteiger partial charge in [-0.15, -0.1) is 11.3 Å². The van der Waals surface area contributed by atoms with Gasteiger partial charge in [0.25, 0.3) is 5.56 Å². The summed E-state index contributed by atoms with van der Waals surface area (Å²) in [5.74, 6) is 0.721. The molecule has 0 spiro atoms. The van der Waals surface area contributed by atoms with Crippen molar-refractivity contribution in [2.75, 3.05) is 24.8 Å². The molecule has 0 saturated carbocycles. The van der Waals surface area contributed by atoms with Gasteiger partial charge < -0.3 is 9.64 Å². The second kappa shape index (κ2) is 9.80. The molecule has 33 heavy (non-hydrogen) atoms. The Hall–Kier alpha value is -3.10. The first-order chi connectivity index (χ1) is 15.9. The number of fused-ring (bicyclic) bond motifs is 1. The minimum absolute atomic E-state index is 0.0747. The Balaban J connectivity index is 1.77. The molecule has 4 rings (SSSR count). The normalized spacial score (nSPS) is 11.0. The standard InChI is InChI=1S/C25H25N3O3S2/c1-5-20-16(2)22-23(33-20)26-25(28(24(22)30)18-12-9-13-19(14-18)31-4)32-15-21(29)27(3)17-10-7-6-8-11-17/h6-14H,5,15H2,1-4H3. The van der Waals surface area contributed by atoms with Crippen LogP contribution in [0.25, 0.3) is 15.9 Å². The van der Waals surface area contributed by atoms with Crippen molar-refractivity contribution in [2.24, 2.45) is 0 Å². The molecule has 2 aromatic carbocycles. The first kappa shape index (κ1) is 23.1. The number of aryl methyl sites for hydroxylation is 2. The number of thioether (sulfide) groups is 1. The Kier molecular flexibility index (Phi) is 6.85. The Labute approximate surface area is 200 Å². The summed E-state index contributed by atoms with van der Waals surface area (Å²) in [5.41, 5.74) is 2.32. The number of anilines is 1. The van der Waals surface area contributed by atoms with Crippen molar-refractivity contribution in [3.05, 3.63) is 75.4 Å². The van der Waals surface area contributed by atoms with Crippen LogP contribution in [-0.2, 0) is 11.2 Å². The van der Waals surface area contributed by atoms with Crippen LogP contribution in [-0.4, -0.2) is 35.4 Å². The van der Waals surface area contributed by atoms with Crippen molar-refractivity contribution < 1.29 is 9.53 Å². The highest BCUT2D eigenvalue weighted by Gasteiger charge is 2.20. The fraction of sp³-hybridized carbons (Fsp3) is 0.240. The Morgan fingerprint density at radius 3 is 2.64 bits per heavy atom. The maximum Gasteiger partial charge on any atom is 0.267 e. The highest BCUT2D eigenvalue weighted by atomic mass is 32.2. The molecule has 0 aliphatic carbocycles. The summed E-state index contributed by atoms with van der Waals surface area (Å²) < 4.78 is 6.95. The van der Waals surface area contributed by atoms with Gasteiger partial charge in [0.1, 0.15) is 10.6 Å². The number of carbonyl (C=O) groups excluding carboxylic acids is 1. The van der Waals surface area contributed by atoms with Crippen molar-refractivity contribution in [3.63, 3.8) is 0 Å². The van der Waals surface area contributed by atoms with Crippen molar-refractivity contribution in [2.45, 2.75) is 25.4 Å². The highest BCUT2D eigenvalue weighted by molar-refractivity contribution is 7.99. The van der Waals surface area contributed by atoms with E-state index in [-0.39, 0.29) is 17.2 Å². The SMILES string of the molecule is CCc1sc2nc(SCC(=O)N(C)c3ccccc3)n(-c3cccc(OC)c3)c(=O)c2c1C. The van der Waals surface area contributed by atoms with Crippen LogP contribution in [0, 0.1) is 6.92 Å². The maximum atomic E-state index is 13.7. The summed E-state index contributed by atoms with van der Waals surface area (Å²) in [7, 11) is 3.34. The van der Waals surface area contributed by atoms with E-state index in [2.05, 4.69) is 6.92 Å². The Morgan fingerprint density at radius 2 is 1.94 bits per heavy atom. The molecule has 2 aromatic heterocycles. The number of ether oxygens (including phenoxy) is 1. The molecule has 0 aliphatic heterocycles. The van der Waals surface area contributed by atoms with Crippen LogP contribution in [0.1, 0.15) is 17.4 Å². The number of carbonyl (C=O) groups is 1. The number of para-hydroxylation sites is 1. The molecular formula is C25H25N3O3S2. The number of thiophene rings is 1. The van der Waals surface area contributed by atoms with Gasteiger partial charge >= 0.3 is 0 Å². The van der Waals surface area contributed by atoms with Gasteiger partial charge in [0, 0.05) is 23.7 Å². The van der Waals surface area contributed by atoms with Gasteiger partial charge in [-0.1, -0.05) is 43.0 Å². The van der Waals surface area contributed by atoms with E-state index in [4.69, 9.17) is 9.72 Å². The zero-order valence-corrected chi connectivity index (χ0v) is 20.6. The zero-order chi connectivity index (χ0) is 23.5. The number of rotatable bonds is 7. The smallest absolute Gasteiger partial charge is 0.267 e. The van der Waals surface area contributed by atoms with E-state index in [0.717, 1.165) is 22.5 Å². The van der Waals surface area contributed by atoms with Gasteiger partial charge in [-0.25, -0.2) is 4.98 Å². The van der Waals surface area contributed by atoms with Crippen molar-refractivity contribution in [1.29, 1.82) is 0 Å². The van der Waals surface area contributed by atoms with E-state index in [9.17, 15) is 9.59 Å². The van der Waals surface area contributed by atoms with E-state index in [1.54, 1.807) is 41.0 Å². The summed E-state index contributed by atoms with van der Waals surface area (Å²) in [6, 6.07) is 16.8. The second-order valence-corrected chi connectivity index (χ2v) is 9.52. The zero-order valence-electron chi connectivity index (χ0n) is 19.0. The van der Waals surface area contributed by atoms with Gasteiger partial charge in [-0.3, -0.25) is 14.2 Å². The van der Waals surface area contributed by atoms with Gasteiger partial charge in [-0.05, 0) is 43.2 Å². The molecule has 4 aromatic rings. The summed E-state index contributed by atoms with van der Waals surface area (Å²) >= 11 is 2.81. The minimum Gasteiger partial charge on any atom is -0.497 e. The average molecular weight is 480 g/mol. The van der Waals surface area contributed by atoms with Gasteiger partial charge in [0.05, 0.1) is 23.9 Å². The van der Waals surface area contributed by atoms with Crippen LogP contribution in [0.2, 0.25) is 0 Å². The molecule has 8 heteroatoms. The lowest BCUT2D eigenvalue weighted by Gasteiger charge is -2.18. The highest BCUT2D eigenvalue weighted by Crippen LogP contribution is 2.31. The van der Waals surface area contributed by atoms with Gasteiger partial charge in [-0.2, -0.15) is 0 Å². The second-order valence-electron chi connectivity index (χ2n) is 7.50. The monoisotopic (exact) mass is 479 g/mol. The first-order valence-corrected chi connectivity index (χ1v) is 12.4. The number of benzene rings is 2. The number of methoxy groups -OCH3 is 1. The molecule has 0 unspecified atom stereocenters. The lowest BCUT2D eigenvalue weighted by Crippen LogP contribution is -2.28. The number of amides is 1. The third-order valence-electron chi connectivity index (χ3n) is 5.51. The predicted molar refractivity (Wildman–Crippen MR) is 136 cm³/mol. The molecular weight excluding hydrogens is 454 g/mol. The molecule has 0 atom stereocenters. The fourth-order valence-electron chi connectivity index (χ4n) is 3.64. The lowest BCUT2D eigenvalue weighted by atomic mass is 10.2. The van der Waals surface area contributed by atoms with Crippen LogP contribution in [0.5, 0.6) is 5.75 Å². The summed E-state index contributed by atoms with van der Waals surface area (Å²) in [5, 5.41) is 1.12. The number of hydrogen-bond donors (Lipinski definition) is 0. The fourth-order valence-corrected chi connectivity index (χ4v) is 5.73. The number of aromatic nitrogens is 2. The quantitative estimate of drug-likeness (QED) is 0.273. The van der Waals surface area contributed by atoms with Crippen molar-refractivity contribution in [3.8, 4) is 11.4 Å². The molecule has 170 valence electrons. The largest absolute Gasteiger partial charge is 0.497 e. The van der Waals surface area contributed by atoms with Crippen molar-refractivity contribution >= 4 is 44.9 Å². The average Bonchev–Trinajstić information content (AvgIpc) is 3.18. The van der Waals surface area contributed by atoms with Gasteiger partial charge in [0.2, 0.25) is 5.91 Å². The molecule has 1 amide bonds. The maximum absolute atomic E-state index is 13.7. The summed E-state index contributed by atoms with van der Waals surface area (Å²) in [6.07, 6.45) is 0.842. The Bertz CT molecular complexity index is 1360. The van der Waals surface area contributed by atoms with Crippen LogP contribution >= 0.6 is 23.1 Å². The molecule has 6 nitrogen and oxygen atoms in total. The summed E-state index contributed by atoms with van der Waals surface area (Å²) in [6.45, 7) is 4.05. The van der Waals surface area contributed by atoms with Crippen LogP contribution < -0.4 is 15.2 Å². The number of hydrogen-bond acceptors (Lipinski definition) is 6. The van der Waals surface area contributed by atoms with Gasteiger partial charge in [0.15, 0.2) is 5.16 Å². The topological polar surface area (TPSA) is 64.4 Å². The summed E-state index contributed by atoms with van der Waals surface area (Å²) in [4.78, 5) is 34.9. The van der Waals surface area contributed by atoms with Crippen LogP contribution in [0.3, 0.4) is 0 Å². The van der Waals surface area contributed by atoms with E-state index in [1.165, 1.54) is 11.8 Å². The third-order valence-corrected chi connectivity index (χ3v) is 7.76. The van der Waals surface area contributed by atoms with Crippen molar-refractivity contribution in [1.82, 2.24) is 9.55 Å². The third kappa shape index (κ3) is 4.54. The lowest BCUT2D eigenvalue weighted by molar-refractivity contribution is -0.115. The molecule has 2 heterocycles. The van der Waals surface area contributed by atoms with E-state index in [1.807, 2.05) is 55.5 Å². The van der Waals surface area contributed by atoms with E-state index in [0.29, 0.717) is 26.8 Å². The molecule has 0 bridgehead atoms. The Morgan fingerprint density at radius 1 is 1.18 bits per heavy atom. The van der Waals surface area contributed by atoms with E-state index < -0.39 is 0 Å². The van der Waals surface area contributed by atoms with Crippen LogP contribution in [0.4, 0.5) is 5.69 Å². The van der Waals surface area contributed by atoms with Crippen LogP contribution in [0.15, 0.2) is 64.5 Å². The predicted octanol–water partition coefficient (Wildman–Crippen LogP) is 5.08. The molecule has 0 radical (unpaired) electrons. The minimum atomic E-state index is -0.131.